The van der Waals surface area contributed by atoms with Crippen LogP contribution in [0.4, 0.5) is 13.2 Å². The summed E-state index contributed by atoms with van der Waals surface area (Å²) >= 11 is 0. The number of imidazole rings is 1. The molecule has 0 aliphatic carbocycles. The van der Waals surface area contributed by atoms with Crippen LogP contribution in [-0.4, -0.2) is 52.7 Å². The number of ether oxygens (including phenoxy) is 2. The molecule has 3 heterocycles. The van der Waals surface area contributed by atoms with Crippen molar-refractivity contribution in [2.24, 2.45) is 0 Å². The third-order valence-electron chi connectivity index (χ3n) is 5.79. The van der Waals surface area contributed by atoms with Gasteiger partial charge in [-0.1, -0.05) is 0 Å². The molecule has 156 valence electrons. The first-order chi connectivity index (χ1) is 13.8. The van der Waals surface area contributed by atoms with E-state index >= 15 is 0 Å². The van der Waals surface area contributed by atoms with E-state index in [9.17, 15) is 23.2 Å². The van der Waals surface area contributed by atoms with Crippen molar-refractivity contribution in [3.8, 4) is 11.8 Å². The third kappa shape index (κ3) is 3.84. The normalized spacial score (nSPS) is 24.5. The Morgan fingerprint density at radius 1 is 1.31 bits per heavy atom. The Hall–Kier alpha value is -2.51. The molecule has 2 aliphatic rings. The number of benzene rings is 1. The van der Waals surface area contributed by atoms with E-state index in [0.29, 0.717) is 50.2 Å². The molecule has 0 bridgehead atoms. The number of nitrogens with one attached hydrogen (secondary N) is 1. The van der Waals surface area contributed by atoms with Gasteiger partial charge in [0.1, 0.15) is 11.3 Å². The molecule has 29 heavy (non-hydrogen) atoms. The molecule has 0 spiro atoms. The number of nitrogens with zero attached hydrogens (tertiary/aromatic N) is 3. The number of hydrogen-bond donors (Lipinski definition) is 1. The van der Waals surface area contributed by atoms with Crippen LogP contribution in [0.5, 0.6) is 5.75 Å². The lowest BCUT2D eigenvalue weighted by Crippen LogP contribution is -2.56. The molecule has 1 aromatic carbocycles. The summed E-state index contributed by atoms with van der Waals surface area (Å²) in [5.41, 5.74) is -0.159. The molecule has 0 radical (unpaired) electrons. The highest BCUT2D eigenvalue weighted by atomic mass is 19.4. The summed E-state index contributed by atoms with van der Waals surface area (Å²) in [6.45, 7) is 2.26. The van der Waals surface area contributed by atoms with Gasteiger partial charge in [0.2, 0.25) is 0 Å². The number of halogens is 3. The molecule has 2 saturated heterocycles. The lowest BCUT2D eigenvalue weighted by molar-refractivity contribution is -0.274. The largest absolute Gasteiger partial charge is 0.573 e. The molecule has 0 saturated carbocycles. The maximum absolute atomic E-state index is 12.6. The summed E-state index contributed by atoms with van der Waals surface area (Å²) < 4.78 is 48.7. The summed E-state index contributed by atoms with van der Waals surface area (Å²) in [5, 5.41) is 9.71. The van der Waals surface area contributed by atoms with Crippen molar-refractivity contribution in [1.29, 1.82) is 5.26 Å². The molecule has 1 aromatic heterocycles. The zero-order valence-electron chi connectivity index (χ0n) is 15.7. The maximum atomic E-state index is 12.6. The second-order valence-electron chi connectivity index (χ2n) is 7.54. The molecule has 1 unspecified atom stereocenters. The monoisotopic (exact) mass is 410 g/mol. The van der Waals surface area contributed by atoms with Gasteiger partial charge >= 0.3 is 12.1 Å². The van der Waals surface area contributed by atoms with Gasteiger partial charge in [0.25, 0.3) is 0 Å². The summed E-state index contributed by atoms with van der Waals surface area (Å²) in [6.07, 6.45) is -1.99. The van der Waals surface area contributed by atoms with Gasteiger partial charge in [-0.05, 0) is 37.8 Å². The minimum atomic E-state index is -4.80. The van der Waals surface area contributed by atoms with Crippen LogP contribution in [0, 0.1) is 11.3 Å². The second kappa shape index (κ2) is 7.39. The van der Waals surface area contributed by atoms with Crippen molar-refractivity contribution in [2.75, 3.05) is 26.3 Å². The first-order valence-corrected chi connectivity index (χ1v) is 9.55. The molecule has 1 atom stereocenters. The molecule has 2 aromatic rings. The van der Waals surface area contributed by atoms with Gasteiger partial charge in [0, 0.05) is 31.8 Å². The zero-order chi connectivity index (χ0) is 20.6. The molecule has 2 aliphatic heterocycles. The Labute approximate surface area is 164 Å². The van der Waals surface area contributed by atoms with Gasteiger partial charge in [-0.25, -0.2) is 4.79 Å². The van der Waals surface area contributed by atoms with Crippen LogP contribution in [0.3, 0.4) is 0 Å². The van der Waals surface area contributed by atoms with Crippen LogP contribution in [-0.2, 0) is 4.74 Å². The third-order valence-corrected chi connectivity index (χ3v) is 5.79. The van der Waals surface area contributed by atoms with Crippen molar-refractivity contribution in [3.63, 3.8) is 0 Å². The highest BCUT2D eigenvalue weighted by Gasteiger charge is 2.41. The lowest BCUT2D eigenvalue weighted by Gasteiger charge is -2.44. The van der Waals surface area contributed by atoms with Gasteiger partial charge < -0.3 is 14.5 Å². The van der Waals surface area contributed by atoms with E-state index in [1.165, 1.54) is 22.8 Å². The minimum absolute atomic E-state index is 0.172. The number of alkyl halides is 3. The van der Waals surface area contributed by atoms with Crippen LogP contribution in [0.15, 0.2) is 23.0 Å². The average molecular weight is 410 g/mol. The van der Waals surface area contributed by atoms with E-state index in [1.54, 1.807) is 0 Å². The molecule has 2 fully saturated rings. The van der Waals surface area contributed by atoms with E-state index in [0.717, 1.165) is 12.8 Å². The van der Waals surface area contributed by atoms with E-state index in [1.807, 2.05) is 0 Å². The van der Waals surface area contributed by atoms with Crippen molar-refractivity contribution in [1.82, 2.24) is 14.5 Å². The molecule has 0 amide bonds. The number of hydrogen-bond acceptors (Lipinski definition) is 5. The molecule has 1 N–H and O–H groups in total. The second-order valence-corrected chi connectivity index (χ2v) is 7.54. The topological polar surface area (TPSA) is 83.3 Å². The molecular formula is C19H21F3N4O3. The Morgan fingerprint density at radius 3 is 2.69 bits per heavy atom. The first kappa shape index (κ1) is 19.8. The Bertz CT molecular complexity index is 977. The van der Waals surface area contributed by atoms with Gasteiger partial charge in [0.15, 0.2) is 0 Å². The number of fused-ring (bicyclic) bond motifs is 1. The van der Waals surface area contributed by atoms with Crippen molar-refractivity contribution in [2.45, 2.75) is 43.6 Å². The smallest absolute Gasteiger partial charge is 0.406 e. The molecular weight excluding hydrogens is 389 g/mol. The van der Waals surface area contributed by atoms with Crippen molar-refractivity contribution in [3.05, 3.63) is 28.7 Å². The molecule has 10 heteroatoms. The van der Waals surface area contributed by atoms with Gasteiger partial charge in [-0.2, -0.15) is 5.26 Å². The summed E-state index contributed by atoms with van der Waals surface area (Å²) in [6, 6.07) is 6.06. The zero-order valence-corrected chi connectivity index (χ0v) is 15.7. The SMILES string of the molecule is N#CC1(N2CCC(n3c(=O)[nH]c4ccc(OC(F)(F)F)cc43)CC2)CCCOC1. The Morgan fingerprint density at radius 2 is 2.07 bits per heavy atom. The number of piperidine rings is 1. The minimum Gasteiger partial charge on any atom is -0.406 e. The maximum Gasteiger partial charge on any atom is 0.573 e. The van der Waals surface area contributed by atoms with E-state index in [2.05, 4.69) is 20.7 Å². The Kier molecular flexibility index (Phi) is 5.04. The van der Waals surface area contributed by atoms with Crippen molar-refractivity contribution < 1.29 is 22.6 Å². The van der Waals surface area contributed by atoms with Crippen LogP contribution in [0.2, 0.25) is 0 Å². The summed E-state index contributed by atoms with van der Waals surface area (Å²) in [7, 11) is 0. The predicted octanol–water partition coefficient (Wildman–Crippen LogP) is 2.94. The lowest BCUT2D eigenvalue weighted by atomic mass is 9.89. The van der Waals surface area contributed by atoms with Crippen LogP contribution in [0.1, 0.15) is 31.7 Å². The first-order valence-electron chi connectivity index (χ1n) is 9.55. The Balaban J connectivity index is 1.56. The summed E-state index contributed by atoms with van der Waals surface area (Å²) in [5.74, 6) is -0.363. The fourth-order valence-corrected chi connectivity index (χ4v) is 4.40. The van der Waals surface area contributed by atoms with Crippen LogP contribution < -0.4 is 10.4 Å². The number of likely N-dealkylation sites (tertiary alicyclic amines) is 1. The van der Waals surface area contributed by atoms with Crippen LogP contribution >= 0.6 is 0 Å². The quantitative estimate of drug-likeness (QED) is 0.841. The average Bonchev–Trinajstić information content (AvgIpc) is 3.02. The number of aromatic nitrogens is 2. The molecule has 4 rings (SSSR count). The van der Waals surface area contributed by atoms with Gasteiger partial charge in [-0.3, -0.25) is 9.47 Å². The van der Waals surface area contributed by atoms with Gasteiger partial charge in [-0.15, -0.1) is 13.2 Å². The van der Waals surface area contributed by atoms with Crippen molar-refractivity contribution >= 4 is 11.0 Å². The fraction of sp³-hybridized carbons (Fsp3) is 0.579. The number of rotatable bonds is 3. The number of nitriles is 1. The fourth-order valence-electron chi connectivity index (χ4n) is 4.40. The highest BCUT2D eigenvalue weighted by Crippen LogP contribution is 2.33. The van der Waals surface area contributed by atoms with E-state index in [-0.39, 0.29) is 17.5 Å². The standard InChI is InChI=1S/C19H21F3N4O3/c20-19(21,22)29-14-2-3-15-16(10-14)26(17(27)24-15)13-4-7-25(8-5-13)18(11-23)6-1-9-28-12-18/h2-3,10,13H,1,4-9,12H2,(H,24,27). The van der Waals surface area contributed by atoms with E-state index in [4.69, 9.17) is 4.74 Å². The number of H-pyrrole nitrogens is 1. The van der Waals surface area contributed by atoms with Gasteiger partial charge in [0.05, 0.1) is 23.7 Å². The summed E-state index contributed by atoms with van der Waals surface area (Å²) in [4.78, 5) is 17.3. The predicted molar refractivity (Wildman–Crippen MR) is 97.5 cm³/mol. The van der Waals surface area contributed by atoms with E-state index < -0.39 is 11.9 Å². The molecule has 7 nitrogen and oxygen atoms in total. The van der Waals surface area contributed by atoms with Crippen LogP contribution in [0.25, 0.3) is 11.0 Å². The number of aromatic amines is 1. The highest BCUT2D eigenvalue weighted by molar-refractivity contribution is 5.77.